The lowest BCUT2D eigenvalue weighted by Gasteiger charge is -2.39. The Labute approximate surface area is 207 Å². The first-order chi connectivity index (χ1) is 16.8. The summed E-state index contributed by atoms with van der Waals surface area (Å²) in [5, 5.41) is 0. The summed E-state index contributed by atoms with van der Waals surface area (Å²) in [7, 11) is -1.48. The molecule has 0 saturated heterocycles. The summed E-state index contributed by atoms with van der Waals surface area (Å²) in [6.45, 7) is 6.31. The molecule has 0 aliphatic rings. The second-order valence-electron chi connectivity index (χ2n) is 9.02. The van der Waals surface area contributed by atoms with Crippen LogP contribution in [0, 0.1) is 0 Å². The zero-order valence-electron chi connectivity index (χ0n) is 20.3. The minimum Gasteiger partial charge on any atom is -0.306 e. The number of hydrogen-bond donors (Lipinski definition) is 0. The Balaban J connectivity index is 1.68. The monoisotopic (exact) mass is 464 g/mol. The van der Waals surface area contributed by atoms with E-state index < -0.39 is 9.12 Å². The predicted molar refractivity (Wildman–Crippen MR) is 147 cm³/mol. The first kappa shape index (κ1) is 24.2. The lowest BCUT2D eigenvalue weighted by Crippen LogP contribution is -2.51. The molecule has 4 rings (SSSR count). The van der Waals surface area contributed by atoms with Crippen molar-refractivity contribution in [1.82, 2.24) is 9.13 Å². The fraction of sp³-hybridized carbons (Fsp3) is 0.226. The van der Waals surface area contributed by atoms with Crippen LogP contribution < -0.4 is 0 Å². The predicted octanol–water partition coefficient (Wildman–Crippen LogP) is 7.02. The molecule has 4 aromatic rings. The van der Waals surface area contributed by atoms with Crippen LogP contribution in [0.15, 0.2) is 121 Å². The molecular weight excluding hydrogens is 428 g/mol. The highest BCUT2D eigenvalue weighted by Gasteiger charge is 2.27. The van der Waals surface area contributed by atoms with E-state index >= 15 is 0 Å². The summed E-state index contributed by atoms with van der Waals surface area (Å²) >= 11 is 0. The third kappa shape index (κ3) is 7.26. The highest BCUT2D eigenvalue weighted by molar-refractivity contribution is 6.52. The molecule has 174 valence electrons. The fourth-order valence-corrected chi connectivity index (χ4v) is 8.05. The molecule has 4 aromatic carbocycles. The molecule has 0 saturated carbocycles. The van der Waals surface area contributed by atoms with E-state index in [-0.39, 0.29) is 0 Å². The molecular formula is C31H36N2Si. The van der Waals surface area contributed by atoms with Gasteiger partial charge in [0.25, 0.3) is 0 Å². The van der Waals surface area contributed by atoms with E-state index in [1.165, 1.54) is 34.7 Å². The van der Waals surface area contributed by atoms with Crippen LogP contribution in [-0.4, -0.2) is 18.3 Å². The molecule has 0 heterocycles. The quantitative estimate of drug-likeness (QED) is 0.208. The van der Waals surface area contributed by atoms with Gasteiger partial charge in [-0.25, -0.2) is 0 Å². The molecule has 0 radical (unpaired) electrons. The fourth-order valence-electron chi connectivity index (χ4n) is 4.66. The standard InChI is InChI=1S/C31H36N2Si/c1-2-23-34(32(24-28-15-7-3-8-16-28)25-29-17-9-4-10-18-29)33(26-30-19-11-5-12-20-30)27-31-21-13-6-14-22-31/h3-22,34H,2,23-27H2,1H3. The van der Waals surface area contributed by atoms with Crippen molar-refractivity contribution in [3.05, 3.63) is 144 Å². The van der Waals surface area contributed by atoms with Crippen LogP contribution in [-0.2, 0) is 26.2 Å². The average Bonchev–Trinajstić information content (AvgIpc) is 2.89. The first-order valence-electron chi connectivity index (χ1n) is 12.5. The molecule has 0 amide bonds. The third-order valence-corrected chi connectivity index (χ3v) is 9.81. The van der Waals surface area contributed by atoms with Gasteiger partial charge in [-0.1, -0.05) is 135 Å². The molecule has 0 aromatic heterocycles. The Bertz CT molecular complexity index is 901. The highest BCUT2D eigenvalue weighted by atomic mass is 28.3. The van der Waals surface area contributed by atoms with Gasteiger partial charge in [-0.15, -0.1) is 0 Å². The maximum atomic E-state index is 2.81. The molecule has 0 fully saturated rings. The topological polar surface area (TPSA) is 6.48 Å². The van der Waals surface area contributed by atoms with E-state index in [1.54, 1.807) is 0 Å². The molecule has 0 unspecified atom stereocenters. The lowest BCUT2D eigenvalue weighted by atomic mass is 10.2. The van der Waals surface area contributed by atoms with E-state index in [0.29, 0.717) is 0 Å². The van der Waals surface area contributed by atoms with Gasteiger partial charge in [0, 0.05) is 26.2 Å². The number of nitrogens with zero attached hydrogens (tertiary/aromatic N) is 2. The maximum absolute atomic E-state index is 2.81. The van der Waals surface area contributed by atoms with Crippen LogP contribution in [0.3, 0.4) is 0 Å². The Hall–Kier alpha value is -2.98. The van der Waals surface area contributed by atoms with Gasteiger partial charge in [0.1, 0.15) is 0 Å². The number of benzene rings is 4. The second-order valence-corrected chi connectivity index (χ2v) is 12.0. The van der Waals surface area contributed by atoms with Crippen molar-refractivity contribution in [2.45, 2.75) is 45.6 Å². The smallest absolute Gasteiger partial charge is 0.191 e. The molecule has 34 heavy (non-hydrogen) atoms. The number of hydrogen-bond acceptors (Lipinski definition) is 2. The molecule has 0 atom stereocenters. The minimum absolute atomic E-state index is 0.993. The van der Waals surface area contributed by atoms with Crippen LogP contribution in [0.25, 0.3) is 0 Å². The average molecular weight is 465 g/mol. The highest BCUT2D eigenvalue weighted by Crippen LogP contribution is 2.21. The van der Waals surface area contributed by atoms with Crippen molar-refractivity contribution in [2.75, 3.05) is 0 Å². The van der Waals surface area contributed by atoms with Gasteiger partial charge in [0.05, 0.1) is 0 Å². The Morgan fingerprint density at radius 3 is 0.941 bits per heavy atom. The normalized spacial score (nSPS) is 11.4. The van der Waals surface area contributed by atoms with Crippen molar-refractivity contribution in [2.24, 2.45) is 0 Å². The van der Waals surface area contributed by atoms with Crippen LogP contribution in [0.4, 0.5) is 0 Å². The zero-order valence-corrected chi connectivity index (χ0v) is 21.4. The van der Waals surface area contributed by atoms with Crippen molar-refractivity contribution >= 4 is 9.12 Å². The maximum Gasteiger partial charge on any atom is 0.191 e. The SMILES string of the molecule is CCC[SiH](N(Cc1ccccc1)Cc1ccccc1)N(Cc1ccccc1)Cc1ccccc1. The van der Waals surface area contributed by atoms with Crippen LogP contribution >= 0.6 is 0 Å². The van der Waals surface area contributed by atoms with Crippen molar-refractivity contribution < 1.29 is 0 Å². The second kappa shape index (κ2) is 13.0. The van der Waals surface area contributed by atoms with Gasteiger partial charge in [-0.2, -0.15) is 0 Å². The molecule has 0 aliphatic heterocycles. The largest absolute Gasteiger partial charge is 0.306 e. The van der Waals surface area contributed by atoms with Crippen LogP contribution in [0.2, 0.25) is 6.04 Å². The Morgan fingerprint density at radius 1 is 0.441 bits per heavy atom. The van der Waals surface area contributed by atoms with Gasteiger partial charge in [-0.3, -0.25) is 0 Å². The van der Waals surface area contributed by atoms with Gasteiger partial charge >= 0.3 is 0 Å². The van der Waals surface area contributed by atoms with Crippen LogP contribution in [0.5, 0.6) is 0 Å². The van der Waals surface area contributed by atoms with E-state index in [1.807, 2.05) is 0 Å². The van der Waals surface area contributed by atoms with Gasteiger partial charge in [0.2, 0.25) is 0 Å². The zero-order chi connectivity index (χ0) is 23.4. The van der Waals surface area contributed by atoms with Crippen molar-refractivity contribution in [1.29, 1.82) is 0 Å². The minimum atomic E-state index is -1.48. The first-order valence-corrected chi connectivity index (χ1v) is 14.3. The molecule has 0 spiro atoms. The van der Waals surface area contributed by atoms with E-state index in [9.17, 15) is 0 Å². The third-order valence-electron chi connectivity index (χ3n) is 6.30. The van der Waals surface area contributed by atoms with E-state index in [2.05, 4.69) is 137 Å². The van der Waals surface area contributed by atoms with Gasteiger partial charge in [-0.05, 0) is 28.3 Å². The van der Waals surface area contributed by atoms with Gasteiger partial charge < -0.3 is 9.13 Å². The van der Waals surface area contributed by atoms with E-state index in [0.717, 1.165) is 26.2 Å². The van der Waals surface area contributed by atoms with Gasteiger partial charge in [0.15, 0.2) is 9.12 Å². The summed E-state index contributed by atoms with van der Waals surface area (Å²) in [6.07, 6.45) is 1.21. The lowest BCUT2D eigenvalue weighted by molar-refractivity contribution is 0.319. The Kier molecular flexibility index (Phi) is 9.27. The molecule has 0 aliphatic carbocycles. The summed E-state index contributed by atoms with van der Waals surface area (Å²) in [6, 6.07) is 45.2. The summed E-state index contributed by atoms with van der Waals surface area (Å²) in [5.41, 5.74) is 5.58. The Morgan fingerprint density at radius 2 is 0.706 bits per heavy atom. The van der Waals surface area contributed by atoms with Crippen molar-refractivity contribution in [3.63, 3.8) is 0 Å². The molecule has 2 nitrogen and oxygen atoms in total. The van der Waals surface area contributed by atoms with Crippen molar-refractivity contribution in [3.8, 4) is 0 Å². The molecule has 0 N–H and O–H groups in total. The molecule has 0 bridgehead atoms. The van der Waals surface area contributed by atoms with E-state index in [4.69, 9.17) is 0 Å². The summed E-state index contributed by atoms with van der Waals surface area (Å²) < 4.78 is 5.61. The number of rotatable bonds is 12. The molecule has 3 heteroatoms. The van der Waals surface area contributed by atoms with Crippen LogP contribution in [0.1, 0.15) is 35.6 Å². The summed E-state index contributed by atoms with van der Waals surface area (Å²) in [5.74, 6) is 0. The summed E-state index contributed by atoms with van der Waals surface area (Å²) in [4.78, 5) is 0.